The van der Waals surface area contributed by atoms with Crippen molar-refractivity contribution in [3.63, 3.8) is 0 Å². The van der Waals surface area contributed by atoms with Crippen molar-refractivity contribution in [1.29, 1.82) is 0 Å². The maximum Gasteiger partial charge on any atom is 0.320 e. The van der Waals surface area contributed by atoms with Gasteiger partial charge in [-0.25, -0.2) is 4.98 Å². The molecule has 0 amide bonds. The molecule has 0 saturated heterocycles. The first kappa shape index (κ1) is 9.26. The zero-order valence-corrected chi connectivity index (χ0v) is 7.68. The van der Waals surface area contributed by atoms with Crippen LogP contribution in [0.25, 0.3) is 11.4 Å². The Labute approximate surface area is 84.5 Å². The second-order valence-corrected chi connectivity index (χ2v) is 2.81. The second kappa shape index (κ2) is 3.83. The van der Waals surface area contributed by atoms with Crippen molar-refractivity contribution in [3.05, 3.63) is 57.4 Å². The van der Waals surface area contributed by atoms with Gasteiger partial charge in [-0.05, 0) is 18.2 Å². The van der Waals surface area contributed by atoms with Gasteiger partial charge in [0.2, 0.25) is 0 Å². The summed E-state index contributed by atoms with van der Waals surface area (Å²) in [6, 6.07) is 5.43. The van der Waals surface area contributed by atoms with E-state index in [1.54, 1.807) is 0 Å². The minimum atomic E-state index is -0.710. The van der Waals surface area contributed by atoms with Crippen LogP contribution >= 0.6 is 0 Å². The first-order valence-electron chi connectivity index (χ1n) is 4.29. The van der Waals surface area contributed by atoms with E-state index >= 15 is 0 Å². The van der Waals surface area contributed by atoms with Gasteiger partial charge in [-0.2, -0.15) is 0 Å². The molecule has 2 aliphatic heterocycles. The third kappa shape index (κ3) is 1.80. The first-order chi connectivity index (χ1) is 7.29. The summed E-state index contributed by atoms with van der Waals surface area (Å²) in [7, 11) is 0. The molecule has 2 aliphatic rings. The van der Waals surface area contributed by atoms with E-state index in [1.165, 1.54) is 12.3 Å². The molecule has 0 unspecified atom stereocenters. The van der Waals surface area contributed by atoms with E-state index in [0.717, 1.165) is 0 Å². The van der Waals surface area contributed by atoms with E-state index in [2.05, 4.69) is 15.0 Å². The van der Waals surface area contributed by atoms with Crippen LogP contribution < -0.4 is 11.0 Å². The topological polar surface area (TPSA) is 75.7 Å². The third-order valence-electron chi connectivity index (χ3n) is 1.81. The van der Waals surface area contributed by atoms with Crippen LogP contribution in [-0.2, 0) is 0 Å². The van der Waals surface area contributed by atoms with Gasteiger partial charge in [0.15, 0.2) is 0 Å². The number of hydrogen-bond acceptors (Lipinski definition) is 4. The summed E-state index contributed by atoms with van der Waals surface area (Å²) in [6.45, 7) is 0. The van der Waals surface area contributed by atoms with Crippen molar-refractivity contribution in [1.82, 2.24) is 15.0 Å². The SMILES string of the molecule is O=c1nc2ccnc-2c1=O.c1cc[nH]c1. The molecule has 15 heavy (non-hydrogen) atoms. The molecule has 0 saturated carbocycles. The Kier molecular flexibility index (Phi) is 2.37. The van der Waals surface area contributed by atoms with Crippen LogP contribution in [0, 0.1) is 0 Å². The molecule has 3 heterocycles. The molecule has 0 atom stereocenters. The Balaban J connectivity index is 0.000000144. The summed E-state index contributed by atoms with van der Waals surface area (Å²) in [5.74, 6) is 0. The van der Waals surface area contributed by atoms with E-state index in [0.29, 0.717) is 5.69 Å². The van der Waals surface area contributed by atoms with Gasteiger partial charge < -0.3 is 4.98 Å². The fraction of sp³-hybridized carbons (Fsp3) is 0. The third-order valence-corrected chi connectivity index (χ3v) is 1.81. The molecule has 0 spiro atoms. The van der Waals surface area contributed by atoms with Gasteiger partial charge in [0.1, 0.15) is 5.69 Å². The molecule has 5 nitrogen and oxygen atoms in total. The fourth-order valence-corrected chi connectivity index (χ4v) is 1.13. The number of nitrogens with one attached hydrogen (secondary N) is 1. The Hall–Kier alpha value is -2.30. The van der Waals surface area contributed by atoms with Crippen LogP contribution in [0.2, 0.25) is 0 Å². The number of hydrogen-bond donors (Lipinski definition) is 1. The predicted octanol–water partition coefficient (Wildman–Crippen LogP) is 0.192. The maximum absolute atomic E-state index is 10.8. The van der Waals surface area contributed by atoms with Crippen molar-refractivity contribution < 1.29 is 0 Å². The Morgan fingerprint density at radius 3 is 2.40 bits per heavy atom. The number of rotatable bonds is 0. The number of H-pyrrole nitrogens is 1. The largest absolute Gasteiger partial charge is 0.368 e. The molecule has 0 bridgehead atoms. The quantitative estimate of drug-likeness (QED) is 0.527. The van der Waals surface area contributed by atoms with Crippen molar-refractivity contribution in [2.24, 2.45) is 0 Å². The predicted molar refractivity (Wildman–Crippen MR) is 54.4 cm³/mol. The Bertz CT molecular complexity index is 562. The Morgan fingerprint density at radius 1 is 1.13 bits per heavy atom. The van der Waals surface area contributed by atoms with Gasteiger partial charge >= 0.3 is 5.56 Å². The zero-order valence-electron chi connectivity index (χ0n) is 7.68. The summed E-state index contributed by atoms with van der Waals surface area (Å²) in [5, 5.41) is 0. The molecular formula is C10H7N3O2. The standard InChI is InChI=1S/C6H2N2O2.C4H5N/c9-5-4-3(1-2-7-4)8-6(5)10;1-2-4-5-3-1/h1-2H;1-5H. The number of aromatic nitrogens is 3. The van der Waals surface area contributed by atoms with Crippen LogP contribution in [-0.4, -0.2) is 15.0 Å². The summed E-state index contributed by atoms with van der Waals surface area (Å²) < 4.78 is 0. The van der Waals surface area contributed by atoms with Crippen molar-refractivity contribution in [2.75, 3.05) is 0 Å². The molecule has 5 heteroatoms. The molecule has 0 radical (unpaired) electrons. The number of aromatic amines is 1. The van der Waals surface area contributed by atoms with Crippen LogP contribution in [0.4, 0.5) is 0 Å². The second-order valence-electron chi connectivity index (χ2n) is 2.81. The maximum atomic E-state index is 10.8. The minimum Gasteiger partial charge on any atom is -0.368 e. The van der Waals surface area contributed by atoms with Crippen LogP contribution in [0.5, 0.6) is 0 Å². The first-order valence-corrected chi connectivity index (χ1v) is 4.29. The van der Waals surface area contributed by atoms with Gasteiger partial charge in [-0.15, -0.1) is 0 Å². The monoisotopic (exact) mass is 201 g/mol. The van der Waals surface area contributed by atoms with Crippen LogP contribution in [0.1, 0.15) is 0 Å². The number of nitrogens with zero attached hydrogens (tertiary/aromatic N) is 2. The van der Waals surface area contributed by atoms with Gasteiger partial charge in [0.25, 0.3) is 5.43 Å². The minimum absolute atomic E-state index is 0.185. The smallest absolute Gasteiger partial charge is 0.320 e. The van der Waals surface area contributed by atoms with Crippen molar-refractivity contribution in [2.45, 2.75) is 0 Å². The summed E-state index contributed by atoms with van der Waals surface area (Å²) >= 11 is 0. The summed E-state index contributed by atoms with van der Waals surface area (Å²) in [6.07, 6.45) is 5.21. The normalized spacial score (nSPS) is 9.87. The van der Waals surface area contributed by atoms with Gasteiger partial charge in [-0.3, -0.25) is 14.6 Å². The molecule has 1 N–H and O–H groups in total. The van der Waals surface area contributed by atoms with E-state index in [-0.39, 0.29) is 5.69 Å². The molecular weight excluding hydrogens is 194 g/mol. The number of fused-ring (bicyclic) bond motifs is 1. The highest BCUT2D eigenvalue weighted by Gasteiger charge is 2.14. The molecule has 1 aromatic rings. The van der Waals surface area contributed by atoms with Gasteiger partial charge in [-0.1, -0.05) is 0 Å². The Morgan fingerprint density at radius 2 is 1.87 bits per heavy atom. The highest BCUT2D eigenvalue weighted by atomic mass is 16.2. The molecule has 0 aliphatic carbocycles. The average molecular weight is 201 g/mol. The molecule has 0 aromatic carbocycles. The molecule has 0 fully saturated rings. The molecule has 1 aromatic heterocycles. The average Bonchev–Trinajstić information content (AvgIpc) is 2.91. The van der Waals surface area contributed by atoms with E-state index in [1.807, 2.05) is 24.5 Å². The van der Waals surface area contributed by atoms with Crippen molar-refractivity contribution in [3.8, 4) is 11.4 Å². The van der Waals surface area contributed by atoms with E-state index in [9.17, 15) is 9.59 Å². The van der Waals surface area contributed by atoms with Crippen LogP contribution in [0.3, 0.4) is 0 Å². The highest BCUT2D eigenvalue weighted by Crippen LogP contribution is 2.08. The lowest BCUT2D eigenvalue weighted by Crippen LogP contribution is -2.19. The van der Waals surface area contributed by atoms with Crippen molar-refractivity contribution >= 4 is 0 Å². The van der Waals surface area contributed by atoms with Gasteiger partial charge in [0.05, 0.1) is 5.69 Å². The molecule has 3 rings (SSSR count). The summed E-state index contributed by atoms with van der Waals surface area (Å²) in [4.78, 5) is 31.3. The summed E-state index contributed by atoms with van der Waals surface area (Å²) in [5.41, 5.74) is -0.724. The zero-order chi connectivity index (χ0) is 10.7. The highest BCUT2D eigenvalue weighted by molar-refractivity contribution is 5.56. The lowest BCUT2D eigenvalue weighted by atomic mass is 10.4. The van der Waals surface area contributed by atoms with E-state index in [4.69, 9.17) is 0 Å². The molecule has 74 valence electrons. The van der Waals surface area contributed by atoms with Gasteiger partial charge in [0, 0.05) is 18.6 Å². The van der Waals surface area contributed by atoms with E-state index < -0.39 is 11.0 Å². The fourth-order valence-electron chi connectivity index (χ4n) is 1.13. The van der Waals surface area contributed by atoms with Crippen LogP contribution in [0.15, 0.2) is 46.4 Å². The lowest BCUT2D eigenvalue weighted by molar-refractivity contribution is 1.30. The lowest BCUT2D eigenvalue weighted by Gasteiger charge is -1.72.